The molecule has 4 nitrogen and oxygen atoms in total. The van der Waals surface area contributed by atoms with Crippen molar-refractivity contribution in [3.05, 3.63) is 211 Å². The lowest BCUT2D eigenvalue weighted by molar-refractivity contribution is 1.25. The molecule has 0 spiro atoms. The van der Waals surface area contributed by atoms with E-state index in [1.165, 1.54) is 16.4 Å². The molecule has 0 unspecified atom stereocenters. The van der Waals surface area contributed by atoms with Gasteiger partial charge in [-0.05, 0) is 122 Å². The SMILES string of the molecule is C=Cc1ccc(-c2ccc3c(c2)N(c2ccccc2)c2cc(-c4ccc(C#N)c(C#N)c4)cc4c2B3c2ccc(-c3ccc(C=C)cc3)cc2N4c2ccccc2)cc1. The molecule has 2 heterocycles. The standard InChI is InChI=1S/C54H35BN4/c1-3-36-15-19-38(20-16-36)41-25-27-48-50(30-41)58(46-11-7-5-8-12-46)52-32-44(40-23-24-43(34-56)45(29-40)35-57)33-53-54(52)55(48)49-28-26-42(39-21-17-37(4-2)18-22-39)31-51(49)59(53)47-13-9-6-10-14-47/h3-33H,1-2H2. The maximum Gasteiger partial charge on any atom is 0.252 e. The van der Waals surface area contributed by atoms with Crippen molar-refractivity contribution in [3.63, 3.8) is 0 Å². The highest BCUT2D eigenvalue weighted by atomic mass is 15.2. The van der Waals surface area contributed by atoms with Crippen molar-refractivity contribution in [2.75, 3.05) is 9.80 Å². The van der Waals surface area contributed by atoms with Crippen molar-refractivity contribution in [1.82, 2.24) is 0 Å². The van der Waals surface area contributed by atoms with E-state index in [9.17, 15) is 10.5 Å². The van der Waals surface area contributed by atoms with Crippen LogP contribution in [0.4, 0.5) is 34.1 Å². The Hall–Kier alpha value is -8.12. The third-order valence-electron chi connectivity index (χ3n) is 11.7. The van der Waals surface area contributed by atoms with E-state index in [0.717, 1.165) is 78.6 Å². The first-order valence-corrected chi connectivity index (χ1v) is 19.6. The van der Waals surface area contributed by atoms with Crippen LogP contribution < -0.4 is 26.2 Å². The van der Waals surface area contributed by atoms with Gasteiger partial charge >= 0.3 is 0 Å². The van der Waals surface area contributed by atoms with E-state index in [2.05, 4.69) is 193 Å². The second kappa shape index (κ2) is 14.4. The van der Waals surface area contributed by atoms with Gasteiger partial charge in [0.2, 0.25) is 0 Å². The average Bonchev–Trinajstić information content (AvgIpc) is 3.31. The first-order valence-electron chi connectivity index (χ1n) is 19.6. The van der Waals surface area contributed by atoms with Crippen LogP contribution in [0.5, 0.6) is 0 Å². The van der Waals surface area contributed by atoms with Crippen LogP contribution in [0.2, 0.25) is 0 Å². The van der Waals surface area contributed by atoms with Gasteiger partial charge in [0.15, 0.2) is 0 Å². The molecule has 0 aliphatic carbocycles. The predicted octanol–water partition coefficient (Wildman–Crippen LogP) is 11.8. The Labute approximate surface area is 345 Å². The van der Waals surface area contributed by atoms with Crippen LogP contribution in [0.3, 0.4) is 0 Å². The van der Waals surface area contributed by atoms with Crippen molar-refractivity contribution >= 4 is 69.4 Å². The Morgan fingerprint density at radius 2 is 0.814 bits per heavy atom. The number of para-hydroxylation sites is 2. The van der Waals surface area contributed by atoms with Gasteiger partial charge in [-0.3, -0.25) is 0 Å². The van der Waals surface area contributed by atoms with E-state index in [1.54, 1.807) is 6.07 Å². The monoisotopic (exact) mass is 750 g/mol. The molecule has 0 amide bonds. The van der Waals surface area contributed by atoms with Crippen LogP contribution in [0.15, 0.2) is 189 Å². The van der Waals surface area contributed by atoms with Crippen molar-refractivity contribution in [3.8, 4) is 45.5 Å². The summed E-state index contributed by atoms with van der Waals surface area (Å²) >= 11 is 0. The highest BCUT2D eigenvalue weighted by molar-refractivity contribution is 7.00. The number of benzene rings is 8. The lowest BCUT2D eigenvalue weighted by atomic mass is 9.33. The zero-order chi connectivity index (χ0) is 40.0. The molecule has 2 aliphatic rings. The Morgan fingerprint density at radius 1 is 0.407 bits per heavy atom. The minimum atomic E-state index is -0.0935. The fourth-order valence-electron chi connectivity index (χ4n) is 8.76. The third kappa shape index (κ3) is 5.93. The molecule has 0 bridgehead atoms. The van der Waals surface area contributed by atoms with E-state index in [4.69, 9.17) is 0 Å². The van der Waals surface area contributed by atoms with E-state index in [0.29, 0.717) is 11.1 Å². The summed E-state index contributed by atoms with van der Waals surface area (Å²) in [5, 5.41) is 20.0. The van der Waals surface area contributed by atoms with Gasteiger partial charge in [-0.25, -0.2) is 0 Å². The summed E-state index contributed by atoms with van der Waals surface area (Å²) in [4.78, 5) is 4.79. The van der Waals surface area contributed by atoms with Crippen LogP contribution in [-0.2, 0) is 0 Å². The molecule has 0 atom stereocenters. The molecule has 0 fully saturated rings. The van der Waals surface area contributed by atoms with Crippen LogP contribution >= 0.6 is 0 Å². The molecule has 0 saturated heterocycles. The van der Waals surface area contributed by atoms with Crippen LogP contribution in [0.25, 0.3) is 45.5 Å². The zero-order valence-electron chi connectivity index (χ0n) is 32.2. The molecule has 8 aromatic rings. The predicted molar refractivity (Wildman–Crippen MR) is 246 cm³/mol. The summed E-state index contributed by atoms with van der Waals surface area (Å²) in [6, 6.07) is 66.5. The number of anilines is 6. The molecule has 0 N–H and O–H groups in total. The van der Waals surface area contributed by atoms with Gasteiger partial charge in [-0.15, -0.1) is 0 Å². The molecule has 2 aliphatic heterocycles. The summed E-state index contributed by atoms with van der Waals surface area (Å²) in [7, 11) is 0. The normalized spacial score (nSPS) is 12.1. The third-order valence-corrected chi connectivity index (χ3v) is 11.7. The number of rotatable bonds is 7. The first kappa shape index (κ1) is 35.3. The zero-order valence-corrected chi connectivity index (χ0v) is 32.2. The van der Waals surface area contributed by atoms with Gasteiger partial charge in [0.25, 0.3) is 6.71 Å². The first-order chi connectivity index (χ1) is 29.1. The minimum absolute atomic E-state index is 0.0935. The molecule has 274 valence electrons. The Morgan fingerprint density at radius 3 is 1.25 bits per heavy atom. The fourth-order valence-corrected chi connectivity index (χ4v) is 8.76. The van der Waals surface area contributed by atoms with E-state index < -0.39 is 0 Å². The van der Waals surface area contributed by atoms with E-state index in [1.807, 2.05) is 24.3 Å². The highest BCUT2D eigenvalue weighted by Gasteiger charge is 2.43. The Balaban J connectivity index is 1.30. The van der Waals surface area contributed by atoms with Gasteiger partial charge in [-0.1, -0.05) is 141 Å². The second-order valence-corrected chi connectivity index (χ2v) is 14.9. The summed E-state index contributed by atoms with van der Waals surface area (Å²) in [6.45, 7) is 7.83. The smallest absolute Gasteiger partial charge is 0.252 e. The van der Waals surface area contributed by atoms with E-state index in [-0.39, 0.29) is 6.71 Å². The van der Waals surface area contributed by atoms with Crippen molar-refractivity contribution in [2.24, 2.45) is 0 Å². The number of nitrogens with zero attached hydrogens (tertiary/aromatic N) is 4. The van der Waals surface area contributed by atoms with Crippen molar-refractivity contribution in [2.45, 2.75) is 0 Å². The summed E-state index contributed by atoms with van der Waals surface area (Å²) in [5.41, 5.74) is 19.2. The maximum absolute atomic E-state index is 10.1. The number of hydrogen-bond acceptors (Lipinski definition) is 4. The van der Waals surface area contributed by atoms with E-state index >= 15 is 0 Å². The molecule has 0 radical (unpaired) electrons. The molecule has 0 saturated carbocycles. The average molecular weight is 751 g/mol. The number of nitriles is 2. The second-order valence-electron chi connectivity index (χ2n) is 14.9. The largest absolute Gasteiger partial charge is 0.311 e. The summed E-state index contributed by atoms with van der Waals surface area (Å²) in [6.07, 6.45) is 3.74. The molecular weight excluding hydrogens is 715 g/mol. The minimum Gasteiger partial charge on any atom is -0.311 e. The van der Waals surface area contributed by atoms with Crippen LogP contribution in [-0.4, -0.2) is 6.71 Å². The van der Waals surface area contributed by atoms with Gasteiger partial charge in [0.05, 0.1) is 11.1 Å². The lowest BCUT2D eigenvalue weighted by Gasteiger charge is -2.44. The molecule has 0 aromatic heterocycles. The van der Waals surface area contributed by atoms with Gasteiger partial charge < -0.3 is 9.80 Å². The highest BCUT2D eigenvalue weighted by Crippen LogP contribution is 2.47. The molecular formula is C54H35BN4. The van der Waals surface area contributed by atoms with Gasteiger partial charge in [0, 0.05) is 34.1 Å². The van der Waals surface area contributed by atoms with Gasteiger partial charge in [-0.2, -0.15) is 10.5 Å². The fraction of sp³-hybridized carbons (Fsp3) is 0. The van der Waals surface area contributed by atoms with Crippen LogP contribution in [0, 0.1) is 22.7 Å². The number of hydrogen-bond donors (Lipinski definition) is 0. The summed E-state index contributed by atoms with van der Waals surface area (Å²) in [5.74, 6) is 0. The maximum atomic E-state index is 10.1. The molecule has 5 heteroatoms. The quantitative estimate of drug-likeness (QED) is 0.152. The summed E-state index contributed by atoms with van der Waals surface area (Å²) < 4.78 is 0. The van der Waals surface area contributed by atoms with Crippen LogP contribution in [0.1, 0.15) is 22.3 Å². The van der Waals surface area contributed by atoms with Crippen molar-refractivity contribution < 1.29 is 0 Å². The molecule has 8 aromatic carbocycles. The Bertz CT molecular complexity index is 2880. The molecule has 59 heavy (non-hydrogen) atoms. The van der Waals surface area contributed by atoms with Gasteiger partial charge in [0.1, 0.15) is 12.1 Å². The number of fused-ring (bicyclic) bond motifs is 4. The molecule has 10 rings (SSSR count). The van der Waals surface area contributed by atoms with Crippen molar-refractivity contribution in [1.29, 1.82) is 10.5 Å². The Kier molecular flexibility index (Phi) is 8.64. The lowest BCUT2D eigenvalue weighted by Crippen LogP contribution is -2.61. The topological polar surface area (TPSA) is 54.1 Å².